The second kappa shape index (κ2) is 4.68. The minimum Gasteiger partial charge on any atom is -0.293 e. The minimum absolute atomic E-state index is 0.210. The van der Waals surface area contributed by atoms with Crippen molar-refractivity contribution in [2.75, 3.05) is 11.6 Å². The third kappa shape index (κ3) is 2.21. The molecule has 7 heteroatoms. The first-order valence-electron chi connectivity index (χ1n) is 4.21. The lowest BCUT2D eigenvalue weighted by Gasteiger charge is -1.94. The topological polar surface area (TPSA) is 42.0 Å². The second-order valence-electron chi connectivity index (χ2n) is 2.84. The fraction of sp³-hybridized carbons (Fsp3) is 0.111. The maximum Gasteiger partial charge on any atom is 0.284 e. The van der Waals surface area contributed by atoms with E-state index in [0.717, 1.165) is 11.8 Å². The van der Waals surface area contributed by atoms with E-state index in [2.05, 4.69) is 26.2 Å². The third-order valence-corrected chi connectivity index (χ3v) is 3.87. The molecular formula is C9H6BrFN2OS2. The van der Waals surface area contributed by atoms with Crippen LogP contribution in [0.5, 0.6) is 0 Å². The summed E-state index contributed by atoms with van der Waals surface area (Å²) in [5.41, 5.74) is 0.274. The lowest BCUT2D eigenvalue weighted by atomic mass is 10.3. The Labute approximate surface area is 108 Å². The maximum absolute atomic E-state index is 13.6. The molecule has 0 aliphatic rings. The van der Waals surface area contributed by atoms with E-state index in [1.807, 2.05) is 0 Å². The Balaban J connectivity index is 2.44. The third-order valence-electron chi connectivity index (χ3n) is 1.85. The highest BCUT2D eigenvalue weighted by Gasteiger charge is 2.12. The number of carbonyl (C=O) groups is 1. The van der Waals surface area contributed by atoms with Crippen molar-refractivity contribution in [2.24, 2.45) is 0 Å². The molecule has 3 nitrogen and oxygen atoms in total. The van der Waals surface area contributed by atoms with Gasteiger partial charge in [-0.1, -0.05) is 23.1 Å². The molecule has 0 bridgehead atoms. The number of hydrogen-bond acceptors (Lipinski definition) is 4. The summed E-state index contributed by atoms with van der Waals surface area (Å²) in [5.74, 6) is -0.404. The van der Waals surface area contributed by atoms with Crippen molar-refractivity contribution in [1.82, 2.24) is 4.98 Å². The van der Waals surface area contributed by atoms with Crippen molar-refractivity contribution < 1.29 is 9.18 Å². The van der Waals surface area contributed by atoms with Gasteiger partial charge in [-0.25, -0.2) is 9.37 Å². The minimum atomic E-state index is -0.404. The van der Waals surface area contributed by atoms with Crippen LogP contribution in [0.25, 0.3) is 10.2 Å². The molecule has 0 aliphatic heterocycles. The van der Waals surface area contributed by atoms with Crippen molar-refractivity contribution in [1.29, 1.82) is 0 Å². The molecule has 0 unspecified atom stereocenters. The standard InChI is InChI=1S/C9H6BrFN2OS2/c1-15-9(14)13-8-12-7-5(16-8)3-2-4(10)6(7)11/h2-3H,1H3,(H,12,13,14). The molecule has 0 saturated heterocycles. The fourth-order valence-corrected chi connectivity index (χ4v) is 2.57. The van der Waals surface area contributed by atoms with E-state index >= 15 is 0 Å². The van der Waals surface area contributed by atoms with Gasteiger partial charge in [0.15, 0.2) is 10.9 Å². The molecule has 0 spiro atoms. The number of benzene rings is 1. The van der Waals surface area contributed by atoms with Gasteiger partial charge >= 0.3 is 0 Å². The summed E-state index contributed by atoms with van der Waals surface area (Å²) in [7, 11) is 0. The predicted molar refractivity (Wildman–Crippen MR) is 69.8 cm³/mol. The number of aromatic nitrogens is 1. The monoisotopic (exact) mass is 320 g/mol. The molecule has 2 rings (SSSR count). The average Bonchev–Trinajstić information content (AvgIpc) is 2.67. The molecule has 0 aliphatic carbocycles. The number of hydrogen-bond donors (Lipinski definition) is 1. The van der Waals surface area contributed by atoms with Crippen molar-refractivity contribution >= 4 is 59.6 Å². The summed E-state index contributed by atoms with van der Waals surface area (Å²) in [6.45, 7) is 0. The zero-order chi connectivity index (χ0) is 11.7. The van der Waals surface area contributed by atoms with Crippen LogP contribution >= 0.6 is 39.0 Å². The molecule has 0 atom stereocenters. The second-order valence-corrected chi connectivity index (χ2v) is 5.51. The van der Waals surface area contributed by atoms with Crippen LogP contribution in [0.1, 0.15) is 0 Å². The summed E-state index contributed by atoms with van der Waals surface area (Å²) in [6.07, 6.45) is 1.67. The molecule has 0 fully saturated rings. The summed E-state index contributed by atoms with van der Waals surface area (Å²) in [6, 6.07) is 3.38. The van der Waals surface area contributed by atoms with Gasteiger partial charge in [-0.15, -0.1) is 0 Å². The van der Waals surface area contributed by atoms with Gasteiger partial charge in [-0.2, -0.15) is 0 Å². The highest BCUT2D eigenvalue weighted by Crippen LogP contribution is 2.31. The molecule has 1 aromatic heterocycles. The summed E-state index contributed by atoms with van der Waals surface area (Å²) < 4.78 is 14.7. The van der Waals surface area contributed by atoms with Crippen LogP contribution in [0.2, 0.25) is 0 Å². The van der Waals surface area contributed by atoms with E-state index < -0.39 is 5.82 Å². The zero-order valence-corrected chi connectivity index (χ0v) is 11.3. The zero-order valence-electron chi connectivity index (χ0n) is 8.08. The number of thiazole rings is 1. The fourth-order valence-electron chi connectivity index (χ4n) is 1.13. The molecular weight excluding hydrogens is 315 g/mol. The van der Waals surface area contributed by atoms with Gasteiger partial charge in [-0.3, -0.25) is 10.1 Å². The number of rotatable bonds is 1. The number of nitrogens with one attached hydrogen (secondary N) is 1. The number of fused-ring (bicyclic) bond motifs is 1. The highest BCUT2D eigenvalue weighted by atomic mass is 79.9. The van der Waals surface area contributed by atoms with E-state index in [1.165, 1.54) is 11.3 Å². The van der Waals surface area contributed by atoms with Gasteiger partial charge in [0.05, 0.1) is 9.17 Å². The molecule has 1 heterocycles. The summed E-state index contributed by atoms with van der Waals surface area (Å²) >= 11 is 5.39. The molecule has 1 amide bonds. The number of carbonyl (C=O) groups excluding carboxylic acids is 1. The van der Waals surface area contributed by atoms with Crippen LogP contribution < -0.4 is 5.32 Å². The van der Waals surface area contributed by atoms with Gasteiger partial charge in [0.2, 0.25) is 0 Å². The normalized spacial score (nSPS) is 10.7. The molecule has 0 radical (unpaired) electrons. The van der Waals surface area contributed by atoms with E-state index in [0.29, 0.717) is 14.3 Å². The van der Waals surface area contributed by atoms with E-state index in [4.69, 9.17) is 0 Å². The maximum atomic E-state index is 13.6. The van der Waals surface area contributed by atoms with Crippen LogP contribution in [0.15, 0.2) is 16.6 Å². The summed E-state index contributed by atoms with van der Waals surface area (Å²) in [5, 5.41) is 2.78. The summed E-state index contributed by atoms with van der Waals surface area (Å²) in [4.78, 5) is 15.2. The Morgan fingerprint density at radius 1 is 1.62 bits per heavy atom. The highest BCUT2D eigenvalue weighted by molar-refractivity contribution is 9.10. The van der Waals surface area contributed by atoms with Crippen molar-refractivity contribution in [3.8, 4) is 0 Å². The molecule has 16 heavy (non-hydrogen) atoms. The van der Waals surface area contributed by atoms with Crippen molar-refractivity contribution in [2.45, 2.75) is 0 Å². The number of halogens is 2. The Morgan fingerprint density at radius 2 is 2.38 bits per heavy atom. The molecule has 0 saturated carbocycles. The van der Waals surface area contributed by atoms with Gasteiger partial charge in [0, 0.05) is 0 Å². The van der Waals surface area contributed by atoms with Crippen molar-refractivity contribution in [3.05, 3.63) is 22.4 Å². The lowest BCUT2D eigenvalue weighted by molar-refractivity contribution is 0.270. The Morgan fingerprint density at radius 3 is 3.06 bits per heavy atom. The van der Waals surface area contributed by atoms with Crippen LogP contribution in [0, 0.1) is 5.82 Å². The lowest BCUT2D eigenvalue weighted by Crippen LogP contribution is -2.02. The number of anilines is 1. The van der Waals surface area contributed by atoms with Crippen molar-refractivity contribution in [3.63, 3.8) is 0 Å². The number of nitrogens with zero attached hydrogens (tertiary/aromatic N) is 1. The number of amides is 1. The SMILES string of the molecule is CSC(=O)Nc1nc2c(F)c(Br)ccc2s1. The molecule has 1 aromatic carbocycles. The van der Waals surface area contributed by atoms with Gasteiger partial charge in [0.1, 0.15) is 5.52 Å². The van der Waals surface area contributed by atoms with Gasteiger partial charge in [-0.05, 0) is 34.3 Å². The van der Waals surface area contributed by atoms with Gasteiger partial charge in [0.25, 0.3) is 5.24 Å². The molecule has 1 N–H and O–H groups in total. The number of thioether (sulfide) groups is 1. The van der Waals surface area contributed by atoms with Crippen LogP contribution in [-0.4, -0.2) is 16.5 Å². The predicted octanol–water partition coefficient (Wildman–Crippen LogP) is 4.09. The largest absolute Gasteiger partial charge is 0.293 e. The first-order valence-corrected chi connectivity index (χ1v) is 7.04. The molecule has 2 aromatic rings. The molecule has 84 valence electrons. The smallest absolute Gasteiger partial charge is 0.284 e. The Hall–Kier alpha value is -0.660. The first-order chi connectivity index (χ1) is 7.61. The van der Waals surface area contributed by atoms with Crippen LogP contribution in [0.3, 0.4) is 0 Å². The Bertz CT molecular complexity index is 558. The van der Waals surface area contributed by atoms with E-state index in [9.17, 15) is 9.18 Å². The van der Waals surface area contributed by atoms with Crippen LogP contribution in [-0.2, 0) is 0 Å². The van der Waals surface area contributed by atoms with E-state index in [1.54, 1.807) is 18.4 Å². The van der Waals surface area contributed by atoms with Gasteiger partial charge < -0.3 is 0 Å². The average molecular weight is 321 g/mol. The first kappa shape index (κ1) is 11.8. The van der Waals surface area contributed by atoms with E-state index in [-0.39, 0.29) is 10.8 Å². The Kier molecular flexibility index (Phi) is 3.46. The van der Waals surface area contributed by atoms with Crippen LogP contribution in [0.4, 0.5) is 14.3 Å². The quantitative estimate of drug-likeness (QED) is 0.860.